The van der Waals surface area contributed by atoms with Crippen molar-refractivity contribution in [3.8, 4) is 0 Å². The molecule has 0 aliphatic heterocycles. The Morgan fingerprint density at radius 3 is 2.67 bits per heavy atom. The molecule has 1 aliphatic carbocycles. The van der Waals surface area contributed by atoms with Crippen molar-refractivity contribution in [1.82, 2.24) is 5.32 Å². The Morgan fingerprint density at radius 1 is 1.56 bits per heavy atom. The topological polar surface area (TPSA) is 89.3 Å². The predicted molar refractivity (Wildman–Crippen MR) is 70.1 cm³/mol. The highest BCUT2D eigenvalue weighted by Gasteiger charge is 2.22. The van der Waals surface area contributed by atoms with Gasteiger partial charge in [-0.2, -0.15) is 0 Å². The Labute approximate surface area is 110 Å². The van der Waals surface area contributed by atoms with Crippen molar-refractivity contribution < 1.29 is 13.2 Å². The highest BCUT2D eigenvalue weighted by molar-refractivity contribution is 7.91. The molecule has 3 N–H and O–H groups in total. The van der Waals surface area contributed by atoms with Crippen LogP contribution in [0.15, 0.2) is 9.59 Å². The molecule has 100 valence electrons. The van der Waals surface area contributed by atoms with Crippen molar-refractivity contribution in [3.05, 3.63) is 16.5 Å². The summed E-state index contributed by atoms with van der Waals surface area (Å²) in [5.74, 6) is 0.358. The lowest BCUT2D eigenvalue weighted by Crippen LogP contribution is -2.32. The van der Waals surface area contributed by atoms with Gasteiger partial charge in [0.05, 0.1) is 5.56 Å². The highest BCUT2D eigenvalue weighted by Crippen LogP contribution is 2.27. The second-order valence-corrected chi connectivity index (χ2v) is 7.25. The second kappa shape index (κ2) is 4.99. The summed E-state index contributed by atoms with van der Waals surface area (Å²) in [5.41, 5.74) is 0.844. The maximum absolute atomic E-state index is 11.9. The van der Waals surface area contributed by atoms with Crippen LogP contribution in [-0.4, -0.2) is 20.9 Å². The standard InChI is InChI=1S/C11H16N2O3S2/c1-7-9(6-17-11(7)18(12,15)16)10(14)13-5-8-3-2-4-8/h6,8H,2-5H2,1H3,(H,13,14)(H2,12,15,16). The summed E-state index contributed by atoms with van der Waals surface area (Å²) < 4.78 is 22.6. The maximum Gasteiger partial charge on any atom is 0.252 e. The summed E-state index contributed by atoms with van der Waals surface area (Å²) in [6, 6.07) is 0. The molecule has 1 aromatic rings. The minimum absolute atomic E-state index is 0.0660. The van der Waals surface area contributed by atoms with Gasteiger partial charge in [-0.25, -0.2) is 13.6 Å². The molecule has 5 nitrogen and oxygen atoms in total. The SMILES string of the molecule is Cc1c(C(=O)NCC2CCC2)csc1S(N)(=O)=O. The first kappa shape index (κ1) is 13.5. The third-order valence-electron chi connectivity index (χ3n) is 3.27. The van der Waals surface area contributed by atoms with E-state index >= 15 is 0 Å². The van der Waals surface area contributed by atoms with Crippen LogP contribution in [0.25, 0.3) is 0 Å². The number of thiophene rings is 1. The molecule has 2 rings (SSSR count). The first-order valence-electron chi connectivity index (χ1n) is 5.78. The van der Waals surface area contributed by atoms with Crippen LogP contribution >= 0.6 is 11.3 Å². The zero-order valence-corrected chi connectivity index (χ0v) is 11.7. The van der Waals surface area contributed by atoms with E-state index in [4.69, 9.17) is 5.14 Å². The number of hydrogen-bond acceptors (Lipinski definition) is 4. The summed E-state index contributed by atoms with van der Waals surface area (Å²) in [5, 5.41) is 9.46. The smallest absolute Gasteiger partial charge is 0.252 e. The summed E-state index contributed by atoms with van der Waals surface area (Å²) in [6.45, 7) is 2.27. The van der Waals surface area contributed by atoms with Gasteiger partial charge in [0, 0.05) is 11.9 Å². The Kier molecular flexibility index (Phi) is 3.74. The van der Waals surface area contributed by atoms with Crippen molar-refractivity contribution >= 4 is 27.3 Å². The highest BCUT2D eigenvalue weighted by atomic mass is 32.2. The van der Waals surface area contributed by atoms with Crippen LogP contribution < -0.4 is 10.5 Å². The van der Waals surface area contributed by atoms with Gasteiger partial charge in [-0.05, 0) is 31.2 Å². The zero-order valence-electron chi connectivity index (χ0n) is 10.1. The van der Waals surface area contributed by atoms with Gasteiger partial charge in [0.2, 0.25) is 10.0 Å². The van der Waals surface area contributed by atoms with Crippen molar-refractivity contribution in [2.45, 2.75) is 30.4 Å². The summed E-state index contributed by atoms with van der Waals surface area (Å²) in [4.78, 5) is 11.9. The van der Waals surface area contributed by atoms with E-state index in [1.165, 1.54) is 6.42 Å². The summed E-state index contributed by atoms with van der Waals surface area (Å²) in [7, 11) is -3.73. The van der Waals surface area contributed by atoms with E-state index in [0.29, 0.717) is 23.6 Å². The van der Waals surface area contributed by atoms with E-state index in [0.717, 1.165) is 24.2 Å². The van der Waals surface area contributed by atoms with Crippen LogP contribution in [0, 0.1) is 12.8 Å². The number of hydrogen-bond donors (Lipinski definition) is 2. The Balaban J connectivity index is 2.08. The van der Waals surface area contributed by atoms with Gasteiger partial charge in [-0.3, -0.25) is 4.79 Å². The molecule has 1 aliphatic rings. The van der Waals surface area contributed by atoms with Crippen molar-refractivity contribution in [2.75, 3.05) is 6.54 Å². The Hall–Kier alpha value is -0.920. The molecule has 1 amide bonds. The molecule has 18 heavy (non-hydrogen) atoms. The first-order chi connectivity index (χ1) is 8.39. The van der Waals surface area contributed by atoms with E-state index in [9.17, 15) is 13.2 Å². The second-order valence-electron chi connectivity index (χ2n) is 4.61. The molecule has 1 fully saturated rings. The average molecular weight is 288 g/mol. The molecule has 7 heteroatoms. The van der Waals surface area contributed by atoms with Crippen LogP contribution in [0.3, 0.4) is 0 Å². The van der Waals surface area contributed by atoms with E-state index in [2.05, 4.69) is 5.32 Å². The normalized spacial score (nSPS) is 16.3. The zero-order chi connectivity index (χ0) is 13.3. The average Bonchev–Trinajstić information content (AvgIpc) is 2.56. The number of primary sulfonamides is 1. The molecule has 1 saturated carbocycles. The van der Waals surface area contributed by atoms with Gasteiger partial charge in [-0.1, -0.05) is 6.42 Å². The molecular formula is C11H16N2O3S2. The fraction of sp³-hybridized carbons (Fsp3) is 0.545. The number of sulfonamides is 1. The fourth-order valence-electron chi connectivity index (χ4n) is 1.93. The van der Waals surface area contributed by atoms with Crippen molar-refractivity contribution in [3.63, 3.8) is 0 Å². The number of carbonyl (C=O) groups excluding carboxylic acids is 1. The van der Waals surface area contributed by atoms with E-state index in [1.54, 1.807) is 12.3 Å². The molecule has 0 saturated heterocycles. The van der Waals surface area contributed by atoms with Gasteiger partial charge in [0.25, 0.3) is 5.91 Å². The van der Waals surface area contributed by atoms with E-state index in [-0.39, 0.29) is 10.1 Å². The van der Waals surface area contributed by atoms with E-state index < -0.39 is 10.0 Å². The molecule has 0 spiro atoms. The van der Waals surface area contributed by atoms with Crippen LogP contribution in [0.1, 0.15) is 35.2 Å². The van der Waals surface area contributed by atoms with Crippen LogP contribution in [0.2, 0.25) is 0 Å². The number of carbonyl (C=O) groups is 1. The lowest BCUT2D eigenvalue weighted by molar-refractivity contribution is 0.0939. The quantitative estimate of drug-likeness (QED) is 0.873. The molecule has 1 heterocycles. The third kappa shape index (κ3) is 2.73. The molecular weight excluding hydrogens is 272 g/mol. The molecule has 0 radical (unpaired) electrons. The number of nitrogens with one attached hydrogen (secondary N) is 1. The molecule has 0 unspecified atom stereocenters. The van der Waals surface area contributed by atoms with Gasteiger partial charge in [0.15, 0.2) is 0 Å². The first-order valence-corrected chi connectivity index (χ1v) is 8.21. The van der Waals surface area contributed by atoms with Crippen LogP contribution in [-0.2, 0) is 10.0 Å². The van der Waals surface area contributed by atoms with Gasteiger partial charge in [-0.15, -0.1) is 11.3 Å². The lowest BCUT2D eigenvalue weighted by atomic mass is 9.85. The summed E-state index contributed by atoms with van der Waals surface area (Å²) >= 11 is 0.992. The van der Waals surface area contributed by atoms with E-state index in [1.807, 2.05) is 0 Å². The number of rotatable bonds is 4. The molecule has 0 aromatic carbocycles. The Bertz CT molecular complexity index is 559. The molecule has 1 aromatic heterocycles. The largest absolute Gasteiger partial charge is 0.352 e. The molecule has 0 bridgehead atoms. The minimum Gasteiger partial charge on any atom is -0.352 e. The minimum atomic E-state index is -3.73. The monoisotopic (exact) mass is 288 g/mol. The fourth-order valence-corrected chi connectivity index (χ4v) is 3.95. The van der Waals surface area contributed by atoms with Crippen molar-refractivity contribution in [2.24, 2.45) is 11.1 Å². The van der Waals surface area contributed by atoms with Gasteiger partial charge in [0.1, 0.15) is 4.21 Å². The third-order valence-corrected chi connectivity index (χ3v) is 5.96. The predicted octanol–water partition coefficient (Wildman–Crippen LogP) is 1.23. The Morgan fingerprint density at radius 2 is 2.22 bits per heavy atom. The lowest BCUT2D eigenvalue weighted by Gasteiger charge is -2.25. The van der Waals surface area contributed by atoms with Crippen LogP contribution in [0.4, 0.5) is 0 Å². The van der Waals surface area contributed by atoms with Gasteiger partial charge < -0.3 is 5.32 Å². The molecule has 0 atom stereocenters. The van der Waals surface area contributed by atoms with Gasteiger partial charge >= 0.3 is 0 Å². The van der Waals surface area contributed by atoms with Crippen molar-refractivity contribution in [1.29, 1.82) is 0 Å². The summed E-state index contributed by atoms with van der Waals surface area (Å²) in [6.07, 6.45) is 3.55. The number of amides is 1. The van der Waals surface area contributed by atoms with Crippen LogP contribution in [0.5, 0.6) is 0 Å². The maximum atomic E-state index is 11.9. The number of nitrogens with two attached hydrogens (primary N) is 1.